The van der Waals surface area contributed by atoms with Gasteiger partial charge in [0.05, 0.1) is 22.0 Å². The number of Topliss-reactive ketones (excluding diaryl/α,β-unsaturated/α-hetero) is 1. The number of alkyl halides is 1. The van der Waals surface area contributed by atoms with Gasteiger partial charge in [0, 0.05) is 41.3 Å². The second-order valence-corrected chi connectivity index (χ2v) is 9.67. The Bertz CT molecular complexity index is 1220. The molecule has 8 heteroatoms. The maximum atomic E-state index is 13.3. The van der Waals surface area contributed by atoms with Crippen LogP contribution in [0.1, 0.15) is 56.6 Å². The number of allylic oxidation sites excluding steroid dienone is 4. The molecule has 0 saturated carbocycles. The van der Waals surface area contributed by atoms with Crippen molar-refractivity contribution >= 4 is 21.7 Å². The first-order valence-corrected chi connectivity index (χ1v) is 12.4. The van der Waals surface area contributed by atoms with Crippen LogP contribution in [0.5, 0.6) is 11.5 Å². The monoisotopic (exact) mass is 539 g/mol. The minimum absolute atomic E-state index is 0.0448. The van der Waals surface area contributed by atoms with Crippen molar-refractivity contribution in [3.05, 3.63) is 74.8 Å². The third-order valence-corrected chi connectivity index (χ3v) is 7.00. The number of halogens is 2. The molecule has 2 heterocycles. The Hall–Kier alpha value is -3.18. The van der Waals surface area contributed by atoms with E-state index >= 15 is 0 Å². The summed E-state index contributed by atoms with van der Waals surface area (Å²) >= 11 is 3.54. The lowest BCUT2D eigenvalue weighted by atomic mass is 9.72. The van der Waals surface area contributed by atoms with Crippen LogP contribution in [0.3, 0.4) is 0 Å². The van der Waals surface area contributed by atoms with Crippen LogP contribution in [-0.4, -0.2) is 17.6 Å². The number of ether oxygens (including phenoxy) is 2. The Morgan fingerprint density at radius 1 is 1.31 bits per heavy atom. The molecule has 0 radical (unpaired) electrons. The summed E-state index contributed by atoms with van der Waals surface area (Å²) in [5.74, 6) is 0.316. The van der Waals surface area contributed by atoms with Crippen molar-refractivity contribution < 1.29 is 18.7 Å². The molecule has 2 aliphatic rings. The van der Waals surface area contributed by atoms with Crippen molar-refractivity contribution in [1.29, 1.82) is 5.26 Å². The Labute approximate surface area is 213 Å². The summed E-state index contributed by atoms with van der Waals surface area (Å²) < 4.78 is 25.1. The van der Waals surface area contributed by atoms with Crippen molar-refractivity contribution in [2.75, 3.05) is 6.86 Å². The van der Waals surface area contributed by atoms with E-state index in [0.29, 0.717) is 33.4 Å². The van der Waals surface area contributed by atoms with Gasteiger partial charge in [0.25, 0.3) is 0 Å². The highest BCUT2D eigenvalue weighted by Crippen LogP contribution is 2.47. The van der Waals surface area contributed by atoms with Gasteiger partial charge in [-0.1, -0.05) is 19.4 Å². The van der Waals surface area contributed by atoms with Crippen molar-refractivity contribution in [2.24, 2.45) is 5.92 Å². The zero-order chi connectivity index (χ0) is 24.9. The fourth-order valence-electron chi connectivity index (χ4n) is 4.91. The maximum absolute atomic E-state index is 13.3. The number of rotatable bonds is 8. The summed E-state index contributed by atoms with van der Waals surface area (Å²) in [4.78, 5) is 17.4. The molecule has 0 spiro atoms. The Morgan fingerprint density at radius 2 is 2.14 bits per heavy atom. The smallest absolute Gasteiger partial charge is 0.228 e. The lowest BCUT2D eigenvalue weighted by molar-refractivity contribution is -0.117. The molecular weight excluding hydrogens is 513 g/mol. The van der Waals surface area contributed by atoms with E-state index in [-0.39, 0.29) is 24.1 Å². The molecule has 4 rings (SSSR count). The number of pyridine rings is 1. The number of benzene rings is 1. The average Bonchev–Trinajstić information content (AvgIpc) is 2.83. The summed E-state index contributed by atoms with van der Waals surface area (Å²) in [6, 6.07) is 9.46. The van der Waals surface area contributed by atoms with E-state index in [0.717, 1.165) is 36.2 Å². The summed E-state index contributed by atoms with van der Waals surface area (Å²) in [6.07, 6.45) is 6.58. The van der Waals surface area contributed by atoms with Gasteiger partial charge in [-0.25, -0.2) is 4.39 Å². The number of dihydropyridines is 1. The standard InChI is InChI=1S/C27H27BrFN3O3/c1-3-5-17-8-22-26(23(33)9-17)25(20(12-30)16(2)32-22)19-10-21(28)27(24(11-19)35-15-29)34-14-18-6-4-7-31-13-18/h4,6-7,10-11,13,17,25,32H,3,5,8-9,14-15H2,1-2H3. The van der Waals surface area contributed by atoms with Crippen LogP contribution in [-0.2, 0) is 11.4 Å². The van der Waals surface area contributed by atoms with Gasteiger partial charge in [-0.15, -0.1) is 0 Å². The van der Waals surface area contributed by atoms with E-state index in [1.54, 1.807) is 18.5 Å². The van der Waals surface area contributed by atoms with E-state index in [1.807, 2.05) is 25.1 Å². The first-order chi connectivity index (χ1) is 17.0. The highest BCUT2D eigenvalue weighted by Gasteiger charge is 2.39. The van der Waals surface area contributed by atoms with Crippen molar-refractivity contribution in [3.8, 4) is 17.6 Å². The minimum Gasteiger partial charge on any atom is -0.484 e. The molecular formula is C27H27BrFN3O3. The third kappa shape index (κ3) is 5.25. The lowest BCUT2D eigenvalue weighted by Crippen LogP contribution is -2.34. The zero-order valence-corrected chi connectivity index (χ0v) is 21.3. The molecule has 0 bridgehead atoms. The van der Waals surface area contributed by atoms with E-state index in [9.17, 15) is 14.4 Å². The van der Waals surface area contributed by atoms with Gasteiger partial charge >= 0.3 is 0 Å². The molecule has 35 heavy (non-hydrogen) atoms. The van der Waals surface area contributed by atoms with Gasteiger partial charge in [-0.05, 0) is 65.4 Å². The quantitative estimate of drug-likeness (QED) is 0.427. The van der Waals surface area contributed by atoms with Crippen LogP contribution < -0.4 is 14.8 Å². The van der Waals surface area contributed by atoms with Gasteiger partial charge in [0.15, 0.2) is 17.3 Å². The SMILES string of the molecule is CCCC1CC(=O)C2=C(C1)NC(C)=C(C#N)C2c1cc(Br)c(OCc2cccnc2)c(OCF)c1. The lowest BCUT2D eigenvalue weighted by Gasteiger charge is -2.35. The van der Waals surface area contributed by atoms with Crippen LogP contribution >= 0.6 is 15.9 Å². The largest absolute Gasteiger partial charge is 0.484 e. The fraction of sp³-hybridized carbons (Fsp3) is 0.370. The normalized spacial score (nSPS) is 19.7. The van der Waals surface area contributed by atoms with Gasteiger partial charge < -0.3 is 14.8 Å². The molecule has 1 aliphatic carbocycles. The second kappa shape index (κ2) is 11.0. The summed E-state index contributed by atoms with van der Waals surface area (Å²) in [5, 5.41) is 13.3. The van der Waals surface area contributed by atoms with Gasteiger partial charge in [0.2, 0.25) is 6.86 Å². The molecule has 6 nitrogen and oxygen atoms in total. The number of aromatic nitrogens is 1. The molecule has 1 N–H and O–H groups in total. The maximum Gasteiger partial charge on any atom is 0.228 e. The van der Waals surface area contributed by atoms with E-state index in [1.165, 1.54) is 0 Å². The molecule has 0 saturated heterocycles. The minimum atomic E-state index is -1.04. The first-order valence-electron chi connectivity index (χ1n) is 11.6. The van der Waals surface area contributed by atoms with Gasteiger partial charge in [0.1, 0.15) is 6.61 Å². The average molecular weight is 540 g/mol. The summed E-state index contributed by atoms with van der Waals surface area (Å²) in [6.45, 7) is 3.14. The van der Waals surface area contributed by atoms with Crippen LogP contribution in [0, 0.1) is 17.2 Å². The predicted octanol–water partition coefficient (Wildman–Crippen LogP) is 6.25. The summed E-state index contributed by atoms with van der Waals surface area (Å²) in [7, 11) is 0. The zero-order valence-electron chi connectivity index (χ0n) is 19.7. The number of nitrogens with one attached hydrogen (secondary N) is 1. The third-order valence-electron chi connectivity index (χ3n) is 6.41. The molecule has 1 aromatic carbocycles. The van der Waals surface area contributed by atoms with E-state index in [2.05, 4.69) is 39.2 Å². The number of hydrogen-bond donors (Lipinski definition) is 1. The number of carbonyl (C=O) groups is 1. The second-order valence-electron chi connectivity index (χ2n) is 8.82. The number of hydrogen-bond acceptors (Lipinski definition) is 6. The fourth-order valence-corrected chi connectivity index (χ4v) is 5.49. The van der Waals surface area contributed by atoms with Crippen LogP contribution in [0.2, 0.25) is 0 Å². The Balaban J connectivity index is 1.75. The molecule has 2 aromatic rings. The predicted molar refractivity (Wildman–Crippen MR) is 133 cm³/mol. The number of carbonyl (C=O) groups excluding carboxylic acids is 1. The number of nitrogens with zero attached hydrogens (tertiary/aromatic N) is 2. The van der Waals surface area contributed by atoms with E-state index in [4.69, 9.17) is 9.47 Å². The Morgan fingerprint density at radius 3 is 2.83 bits per heavy atom. The molecule has 1 aliphatic heterocycles. The molecule has 2 unspecified atom stereocenters. The topological polar surface area (TPSA) is 84.2 Å². The molecule has 2 atom stereocenters. The van der Waals surface area contributed by atoms with Crippen LogP contribution in [0.15, 0.2) is 63.7 Å². The van der Waals surface area contributed by atoms with Crippen LogP contribution in [0.25, 0.3) is 0 Å². The molecule has 1 aromatic heterocycles. The van der Waals surface area contributed by atoms with Crippen molar-refractivity contribution in [1.82, 2.24) is 10.3 Å². The molecule has 0 amide bonds. The highest BCUT2D eigenvalue weighted by atomic mass is 79.9. The van der Waals surface area contributed by atoms with E-state index < -0.39 is 12.8 Å². The number of ketones is 1. The van der Waals surface area contributed by atoms with Gasteiger partial charge in [-0.2, -0.15) is 5.26 Å². The van der Waals surface area contributed by atoms with Gasteiger partial charge in [-0.3, -0.25) is 9.78 Å². The van der Waals surface area contributed by atoms with Crippen molar-refractivity contribution in [3.63, 3.8) is 0 Å². The number of nitriles is 1. The summed E-state index contributed by atoms with van der Waals surface area (Å²) in [5.41, 5.74) is 4.20. The Kier molecular flexibility index (Phi) is 7.86. The molecule has 0 fully saturated rings. The first kappa shape index (κ1) is 24.9. The van der Waals surface area contributed by atoms with Crippen LogP contribution in [0.4, 0.5) is 4.39 Å². The highest BCUT2D eigenvalue weighted by molar-refractivity contribution is 9.10. The van der Waals surface area contributed by atoms with Crippen molar-refractivity contribution in [2.45, 2.75) is 52.1 Å². The molecule has 182 valence electrons.